The quantitative estimate of drug-likeness (QED) is 0.620. The zero-order valence-electron chi connectivity index (χ0n) is 9.23. The van der Waals surface area contributed by atoms with Crippen LogP contribution in [0.15, 0.2) is 24.4 Å². The lowest BCUT2D eigenvalue weighted by Gasteiger charge is -2.02. The van der Waals surface area contributed by atoms with E-state index < -0.39 is 0 Å². The molecule has 4 nitrogen and oxygen atoms in total. The van der Waals surface area contributed by atoms with Gasteiger partial charge in [-0.15, -0.1) is 0 Å². The average Bonchev–Trinajstić information content (AvgIpc) is 2.55. The van der Waals surface area contributed by atoms with Gasteiger partial charge >= 0.3 is 0 Å². The van der Waals surface area contributed by atoms with Crippen LogP contribution in [0.4, 0.5) is 5.95 Å². The van der Waals surface area contributed by atoms with Crippen LogP contribution >= 0.6 is 0 Å². The number of hydrogen-bond acceptors (Lipinski definition) is 3. The SMILES string of the molecule is Cc1cnc2ccc3nc(N)n(C)c3c2c1. The van der Waals surface area contributed by atoms with Crippen molar-refractivity contribution in [3.8, 4) is 0 Å². The molecule has 0 bridgehead atoms. The Balaban J connectivity index is 2.60. The largest absolute Gasteiger partial charge is 0.369 e. The van der Waals surface area contributed by atoms with Crippen molar-refractivity contribution in [1.82, 2.24) is 14.5 Å². The van der Waals surface area contributed by atoms with Crippen LogP contribution in [0.5, 0.6) is 0 Å². The Labute approximate surface area is 92.7 Å². The Morgan fingerprint density at radius 2 is 2.00 bits per heavy atom. The van der Waals surface area contributed by atoms with E-state index >= 15 is 0 Å². The Bertz CT molecular complexity index is 697. The molecule has 0 aliphatic carbocycles. The van der Waals surface area contributed by atoms with Crippen molar-refractivity contribution in [2.24, 2.45) is 7.05 Å². The zero-order chi connectivity index (χ0) is 11.3. The fourth-order valence-corrected chi connectivity index (χ4v) is 2.03. The number of aryl methyl sites for hydroxylation is 2. The van der Waals surface area contributed by atoms with Gasteiger partial charge in [-0.3, -0.25) is 4.98 Å². The van der Waals surface area contributed by atoms with Crippen molar-refractivity contribution >= 4 is 27.9 Å². The number of nitrogens with two attached hydrogens (primary N) is 1. The monoisotopic (exact) mass is 212 g/mol. The van der Waals surface area contributed by atoms with E-state index in [1.807, 2.05) is 36.9 Å². The van der Waals surface area contributed by atoms with Crippen LogP contribution in [0.3, 0.4) is 0 Å². The van der Waals surface area contributed by atoms with E-state index in [0.717, 1.165) is 27.5 Å². The van der Waals surface area contributed by atoms with Gasteiger partial charge in [-0.1, -0.05) is 0 Å². The van der Waals surface area contributed by atoms with Crippen LogP contribution in [-0.2, 0) is 7.05 Å². The number of benzene rings is 1. The molecule has 80 valence electrons. The third kappa shape index (κ3) is 1.10. The van der Waals surface area contributed by atoms with Crippen LogP contribution < -0.4 is 5.73 Å². The number of nitrogens with zero attached hydrogens (tertiary/aromatic N) is 3. The molecule has 3 aromatic rings. The van der Waals surface area contributed by atoms with Gasteiger partial charge in [0.2, 0.25) is 5.95 Å². The van der Waals surface area contributed by atoms with E-state index in [9.17, 15) is 0 Å². The molecule has 2 heterocycles. The summed E-state index contributed by atoms with van der Waals surface area (Å²) in [6.07, 6.45) is 1.87. The van der Waals surface area contributed by atoms with Gasteiger partial charge in [-0.2, -0.15) is 0 Å². The molecule has 0 amide bonds. The molecule has 0 aliphatic rings. The minimum Gasteiger partial charge on any atom is -0.369 e. The molecule has 0 unspecified atom stereocenters. The van der Waals surface area contributed by atoms with Crippen molar-refractivity contribution in [3.05, 3.63) is 30.0 Å². The highest BCUT2D eigenvalue weighted by Gasteiger charge is 2.09. The third-order valence-electron chi connectivity index (χ3n) is 2.87. The first-order chi connectivity index (χ1) is 7.66. The maximum Gasteiger partial charge on any atom is 0.200 e. The van der Waals surface area contributed by atoms with Gasteiger partial charge < -0.3 is 10.3 Å². The Morgan fingerprint density at radius 3 is 2.81 bits per heavy atom. The molecule has 0 saturated heterocycles. The number of rotatable bonds is 0. The number of imidazole rings is 1. The summed E-state index contributed by atoms with van der Waals surface area (Å²) in [5.74, 6) is 0.531. The Morgan fingerprint density at radius 1 is 1.25 bits per heavy atom. The molecule has 0 atom stereocenters. The summed E-state index contributed by atoms with van der Waals surface area (Å²) >= 11 is 0. The maximum absolute atomic E-state index is 5.81. The summed E-state index contributed by atoms with van der Waals surface area (Å²) in [4.78, 5) is 8.70. The molecule has 4 heteroatoms. The van der Waals surface area contributed by atoms with E-state index in [2.05, 4.69) is 16.0 Å². The second kappa shape index (κ2) is 2.95. The topological polar surface area (TPSA) is 56.7 Å². The van der Waals surface area contributed by atoms with Gasteiger partial charge in [0.15, 0.2) is 0 Å². The second-order valence-corrected chi connectivity index (χ2v) is 4.04. The van der Waals surface area contributed by atoms with Crippen molar-refractivity contribution in [2.45, 2.75) is 6.92 Å². The van der Waals surface area contributed by atoms with Crippen molar-refractivity contribution in [3.63, 3.8) is 0 Å². The second-order valence-electron chi connectivity index (χ2n) is 4.04. The molecule has 0 spiro atoms. The Hall–Kier alpha value is -2.10. The molecule has 3 rings (SSSR count). The smallest absolute Gasteiger partial charge is 0.200 e. The first-order valence-electron chi connectivity index (χ1n) is 5.14. The summed E-state index contributed by atoms with van der Waals surface area (Å²) in [7, 11) is 1.92. The normalized spacial score (nSPS) is 11.4. The van der Waals surface area contributed by atoms with E-state index in [1.54, 1.807) is 0 Å². The Kier molecular flexibility index (Phi) is 1.68. The predicted molar refractivity (Wildman–Crippen MR) is 65.2 cm³/mol. The number of aromatic nitrogens is 3. The molecule has 1 aromatic carbocycles. The van der Waals surface area contributed by atoms with Crippen molar-refractivity contribution in [2.75, 3.05) is 5.73 Å². The first-order valence-corrected chi connectivity index (χ1v) is 5.14. The lowest BCUT2D eigenvalue weighted by molar-refractivity contribution is 0.968. The van der Waals surface area contributed by atoms with Gasteiger partial charge in [0.25, 0.3) is 0 Å². The lowest BCUT2D eigenvalue weighted by Crippen LogP contribution is -1.96. The number of fused-ring (bicyclic) bond motifs is 3. The average molecular weight is 212 g/mol. The number of hydrogen-bond donors (Lipinski definition) is 1. The number of nitrogen functional groups attached to an aromatic ring is 1. The highest BCUT2D eigenvalue weighted by molar-refractivity contribution is 6.03. The molecule has 16 heavy (non-hydrogen) atoms. The van der Waals surface area contributed by atoms with Crippen LogP contribution in [-0.4, -0.2) is 14.5 Å². The van der Waals surface area contributed by atoms with E-state index in [1.165, 1.54) is 0 Å². The fraction of sp³-hybridized carbons (Fsp3) is 0.167. The standard InChI is InChI=1S/C12H12N4/c1-7-5-8-9(14-6-7)3-4-10-11(8)16(2)12(13)15-10/h3-6H,1-2H3,(H2,13,15). The van der Waals surface area contributed by atoms with Crippen molar-refractivity contribution in [1.29, 1.82) is 0 Å². The molecule has 0 aliphatic heterocycles. The summed E-state index contributed by atoms with van der Waals surface area (Å²) in [6, 6.07) is 6.05. The van der Waals surface area contributed by atoms with Gasteiger partial charge in [0.1, 0.15) is 0 Å². The molecule has 2 aromatic heterocycles. The molecule has 0 radical (unpaired) electrons. The highest BCUT2D eigenvalue weighted by atomic mass is 15.1. The molecule has 2 N–H and O–H groups in total. The van der Waals surface area contributed by atoms with Crippen LogP contribution in [0.1, 0.15) is 5.56 Å². The zero-order valence-corrected chi connectivity index (χ0v) is 9.23. The van der Waals surface area contributed by atoms with Crippen LogP contribution in [0, 0.1) is 6.92 Å². The summed E-state index contributed by atoms with van der Waals surface area (Å²) in [5, 5.41) is 1.10. The summed E-state index contributed by atoms with van der Waals surface area (Å²) in [5.41, 5.74) is 9.89. The summed E-state index contributed by atoms with van der Waals surface area (Å²) < 4.78 is 1.90. The third-order valence-corrected chi connectivity index (χ3v) is 2.87. The highest BCUT2D eigenvalue weighted by Crippen LogP contribution is 2.25. The molecule has 0 saturated carbocycles. The van der Waals surface area contributed by atoms with Gasteiger partial charge in [-0.05, 0) is 30.7 Å². The minimum atomic E-state index is 0.531. The lowest BCUT2D eigenvalue weighted by atomic mass is 10.1. The first kappa shape index (κ1) is 9.15. The van der Waals surface area contributed by atoms with E-state index in [4.69, 9.17) is 5.73 Å². The molecular formula is C12H12N4. The fourth-order valence-electron chi connectivity index (χ4n) is 2.03. The van der Waals surface area contributed by atoms with E-state index in [0.29, 0.717) is 5.95 Å². The maximum atomic E-state index is 5.81. The van der Waals surface area contributed by atoms with Crippen molar-refractivity contribution < 1.29 is 0 Å². The molecular weight excluding hydrogens is 200 g/mol. The number of pyridine rings is 1. The predicted octanol–water partition coefficient (Wildman–Crippen LogP) is 2.01. The summed E-state index contributed by atoms with van der Waals surface area (Å²) in [6.45, 7) is 2.03. The van der Waals surface area contributed by atoms with Crippen LogP contribution in [0.2, 0.25) is 0 Å². The number of anilines is 1. The minimum absolute atomic E-state index is 0.531. The van der Waals surface area contributed by atoms with Gasteiger partial charge in [-0.25, -0.2) is 4.98 Å². The van der Waals surface area contributed by atoms with E-state index in [-0.39, 0.29) is 0 Å². The van der Waals surface area contributed by atoms with Gasteiger partial charge in [0, 0.05) is 18.6 Å². The van der Waals surface area contributed by atoms with Gasteiger partial charge in [0.05, 0.1) is 16.6 Å². The molecule has 0 fully saturated rings. The van der Waals surface area contributed by atoms with Crippen LogP contribution in [0.25, 0.3) is 21.9 Å².